The van der Waals surface area contributed by atoms with Gasteiger partial charge >= 0.3 is 5.97 Å². The third-order valence-corrected chi connectivity index (χ3v) is 2.18. The van der Waals surface area contributed by atoms with Crippen molar-refractivity contribution < 1.29 is 9.53 Å². The Balaban J connectivity index is 4.02. The van der Waals surface area contributed by atoms with Crippen molar-refractivity contribution in [1.29, 1.82) is 0 Å². The summed E-state index contributed by atoms with van der Waals surface area (Å²) in [5, 5.41) is 0. The number of rotatable bonds is 6. The summed E-state index contributed by atoms with van der Waals surface area (Å²) in [4.78, 5) is 11.3. The summed E-state index contributed by atoms with van der Waals surface area (Å²) in [6.45, 7) is 10.5. The van der Waals surface area contributed by atoms with Crippen molar-refractivity contribution in [3.05, 3.63) is 0 Å². The maximum Gasteiger partial charge on any atom is 0.306 e. The number of esters is 1. The predicted octanol–water partition coefficient (Wildman–Crippen LogP) is 3.40. The van der Waals surface area contributed by atoms with E-state index >= 15 is 0 Å². The molecule has 0 aromatic rings. The third kappa shape index (κ3) is 6.01. The predicted molar refractivity (Wildman–Crippen MR) is 59.1 cm³/mol. The summed E-state index contributed by atoms with van der Waals surface area (Å²) in [5.41, 5.74) is 0. The van der Waals surface area contributed by atoms with Crippen LogP contribution in [0.3, 0.4) is 0 Å². The van der Waals surface area contributed by atoms with E-state index < -0.39 is 0 Å². The van der Waals surface area contributed by atoms with Crippen LogP contribution in [0, 0.1) is 11.8 Å². The van der Waals surface area contributed by atoms with Gasteiger partial charge in [0, 0.05) is 6.42 Å². The molecule has 0 aromatic heterocycles. The Hall–Kier alpha value is -0.530. The first-order valence-corrected chi connectivity index (χ1v) is 5.66. The Morgan fingerprint density at radius 2 is 1.79 bits per heavy atom. The molecule has 0 amide bonds. The summed E-state index contributed by atoms with van der Waals surface area (Å²) in [5.74, 6) is 0.946. The van der Waals surface area contributed by atoms with Crippen LogP contribution in [0.2, 0.25) is 0 Å². The Kier molecular flexibility index (Phi) is 6.60. The molecule has 0 spiro atoms. The molecule has 2 heteroatoms. The second kappa shape index (κ2) is 6.86. The van der Waals surface area contributed by atoms with Gasteiger partial charge in [0.05, 0.1) is 0 Å². The van der Waals surface area contributed by atoms with Crippen LogP contribution in [0.1, 0.15) is 53.9 Å². The van der Waals surface area contributed by atoms with E-state index in [0.717, 1.165) is 12.8 Å². The van der Waals surface area contributed by atoms with E-state index in [2.05, 4.69) is 27.7 Å². The van der Waals surface area contributed by atoms with E-state index in [9.17, 15) is 4.79 Å². The van der Waals surface area contributed by atoms with Crippen LogP contribution >= 0.6 is 0 Å². The second-order valence-corrected chi connectivity index (χ2v) is 4.65. The molecule has 0 aliphatic rings. The standard InChI is InChI=1S/C12H24O2/c1-6-7-12(13)14-11(10(4)5)8-9(2)3/h9-11H,6-8H2,1-5H3. The van der Waals surface area contributed by atoms with Crippen molar-refractivity contribution in [2.24, 2.45) is 11.8 Å². The first-order chi connectivity index (χ1) is 6.47. The number of hydrogen-bond donors (Lipinski definition) is 0. The van der Waals surface area contributed by atoms with Crippen molar-refractivity contribution >= 4 is 5.97 Å². The zero-order valence-corrected chi connectivity index (χ0v) is 10.2. The van der Waals surface area contributed by atoms with Crippen molar-refractivity contribution in [3.8, 4) is 0 Å². The third-order valence-electron chi connectivity index (χ3n) is 2.18. The second-order valence-electron chi connectivity index (χ2n) is 4.65. The molecule has 0 aliphatic carbocycles. The lowest BCUT2D eigenvalue weighted by Gasteiger charge is -2.23. The number of carbonyl (C=O) groups is 1. The Bertz CT molecular complexity index is 162. The van der Waals surface area contributed by atoms with Gasteiger partial charge in [-0.3, -0.25) is 4.79 Å². The van der Waals surface area contributed by atoms with Crippen LogP contribution in [-0.4, -0.2) is 12.1 Å². The fourth-order valence-electron chi connectivity index (χ4n) is 1.35. The van der Waals surface area contributed by atoms with Gasteiger partial charge in [0.2, 0.25) is 0 Å². The van der Waals surface area contributed by atoms with E-state index in [4.69, 9.17) is 4.74 Å². The van der Waals surface area contributed by atoms with Crippen molar-refractivity contribution in [2.75, 3.05) is 0 Å². The summed E-state index contributed by atoms with van der Waals surface area (Å²) in [6, 6.07) is 0. The lowest BCUT2D eigenvalue weighted by molar-refractivity contribution is -0.152. The molecular formula is C12H24O2. The maximum atomic E-state index is 11.3. The van der Waals surface area contributed by atoms with Gasteiger partial charge in [0.1, 0.15) is 6.10 Å². The molecule has 0 fully saturated rings. The molecule has 84 valence electrons. The van der Waals surface area contributed by atoms with Gasteiger partial charge in [-0.05, 0) is 24.7 Å². The molecule has 0 rings (SSSR count). The highest BCUT2D eigenvalue weighted by Crippen LogP contribution is 2.17. The molecule has 0 aromatic carbocycles. The highest BCUT2D eigenvalue weighted by molar-refractivity contribution is 5.69. The van der Waals surface area contributed by atoms with Crippen molar-refractivity contribution in [3.63, 3.8) is 0 Å². The van der Waals surface area contributed by atoms with E-state index in [1.54, 1.807) is 0 Å². The van der Waals surface area contributed by atoms with Crippen LogP contribution in [0.5, 0.6) is 0 Å². The molecule has 1 atom stereocenters. The van der Waals surface area contributed by atoms with Crippen molar-refractivity contribution in [2.45, 2.75) is 60.0 Å². The van der Waals surface area contributed by atoms with E-state index in [1.165, 1.54) is 0 Å². The van der Waals surface area contributed by atoms with Gasteiger partial charge in [-0.15, -0.1) is 0 Å². The minimum Gasteiger partial charge on any atom is -0.462 e. The van der Waals surface area contributed by atoms with Crippen LogP contribution < -0.4 is 0 Å². The van der Waals surface area contributed by atoms with Crippen LogP contribution in [0.4, 0.5) is 0 Å². The summed E-state index contributed by atoms with van der Waals surface area (Å²) < 4.78 is 5.42. The molecule has 0 aliphatic heterocycles. The molecular weight excluding hydrogens is 176 g/mol. The molecule has 0 saturated carbocycles. The zero-order valence-electron chi connectivity index (χ0n) is 10.2. The number of carbonyl (C=O) groups excluding carboxylic acids is 1. The monoisotopic (exact) mass is 200 g/mol. The molecule has 0 saturated heterocycles. The molecule has 0 radical (unpaired) electrons. The van der Waals surface area contributed by atoms with Crippen LogP contribution in [0.25, 0.3) is 0 Å². The van der Waals surface area contributed by atoms with Gasteiger partial charge in [0.25, 0.3) is 0 Å². The fourth-order valence-corrected chi connectivity index (χ4v) is 1.35. The first-order valence-electron chi connectivity index (χ1n) is 5.66. The molecule has 14 heavy (non-hydrogen) atoms. The smallest absolute Gasteiger partial charge is 0.306 e. The van der Waals surface area contributed by atoms with Gasteiger partial charge in [-0.1, -0.05) is 34.6 Å². The molecule has 2 nitrogen and oxygen atoms in total. The fraction of sp³-hybridized carbons (Fsp3) is 0.917. The SMILES string of the molecule is CCCC(=O)OC(CC(C)C)C(C)C. The van der Waals surface area contributed by atoms with Crippen LogP contribution in [0.15, 0.2) is 0 Å². The molecule has 0 bridgehead atoms. The highest BCUT2D eigenvalue weighted by atomic mass is 16.5. The van der Waals surface area contributed by atoms with Gasteiger partial charge in [-0.25, -0.2) is 0 Å². The summed E-state index contributed by atoms with van der Waals surface area (Å²) >= 11 is 0. The van der Waals surface area contributed by atoms with E-state index in [0.29, 0.717) is 18.3 Å². The average molecular weight is 200 g/mol. The average Bonchev–Trinajstić information content (AvgIpc) is 2.02. The van der Waals surface area contributed by atoms with Crippen LogP contribution in [-0.2, 0) is 9.53 Å². The molecule has 0 heterocycles. The van der Waals surface area contributed by atoms with Gasteiger partial charge in [0.15, 0.2) is 0 Å². The summed E-state index contributed by atoms with van der Waals surface area (Å²) in [6.07, 6.45) is 2.47. The van der Waals surface area contributed by atoms with E-state index in [1.807, 2.05) is 6.92 Å². The number of hydrogen-bond acceptors (Lipinski definition) is 2. The Morgan fingerprint density at radius 1 is 1.21 bits per heavy atom. The van der Waals surface area contributed by atoms with Gasteiger partial charge in [-0.2, -0.15) is 0 Å². The molecule has 1 unspecified atom stereocenters. The van der Waals surface area contributed by atoms with Crippen molar-refractivity contribution in [1.82, 2.24) is 0 Å². The van der Waals surface area contributed by atoms with E-state index in [-0.39, 0.29) is 12.1 Å². The zero-order chi connectivity index (χ0) is 11.1. The van der Waals surface area contributed by atoms with Gasteiger partial charge < -0.3 is 4.74 Å². The number of ether oxygens (including phenoxy) is 1. The maximum absolute atomic E-state index is 11.3. The molecule has 0 N–H and O–H groups in total. The lowest BCUT2D eigenvalue weighted by Crippen LogP contribution is -2.25. The first kappa shape index (κ1) is 13.5. The Labute approximate surface area is 88.0 Å². The quantitative estimate of drug-likeness (QED) is 0.614. The Morgan fingerprint density at radius 3 is 2.14 bits per heavy atom. The normalized spacial score (nSPS) is 13.4. The lowest BCUT2D eigenvalue weighted by atomic mass is 9.97. The topological polar surface area (TPSA) is 26.3 Å². The minimum atomic E-state index is -0.0492. The summed E-state index contributed by atoms with van der Waals surface area (Å²) in [7, 11) is 0. The highest BCUT2D eigenvalue weighted by Gasteiger charge is 2.18. The largest absolute Gasteiger partial charge is 0.462 e. The minimum absolute atomic E-state index is 0.0492.